The number of rotatable bonds is 47. The second-order valence-electron chi connectivity index (χ2n) is 17.4. The molecule has 0 aliphatic rings. The van der Waals surface area contributed by atoms with Gasteiger partial charge in [-0.1, -0.05) is 209 Å². The van der Waals surface area contributed by atoms with Crippen LogP contribution in [0.1, 0.15) is 252 Å². The van der Waals surface area contributed by atoms with Gasteiger partial charge in [0.2, 0.25) is 0 Å². The summed E-state index contributed by atoms with van der Waals surface area (Å²) in [6.45, 7) is 6.53. The lowest BCUT2D eigenvalue weighted by molar-refractivity contribution is -0.167. The third-order valence-electron chi connectivity index (χ3n) is 11.2. The number of esters is 3. The van der Waals surface area contributed by atoms with Gasteiger partial charge in [0.1, 0.15) is 13.2 Å². The SMILES string of the molecule is CCCCC/C=C\C/C=C\C/C=C\CCCCCCCCC(=O)OC[C@@H](COC(=O)CCCCCCCCCCCCC)OC(=O)CCCC/C=C\C/C=C\C/C=C\CCCCC. The standard InChI is InChI=1S/C57H98O6/c1-4-7-10-13-16-19-22-24-26-27-28-29-31-32-35-38-41-44-47-50-56(59)62-53-54(52-61-55(58)49-46-43-40-37-34-21-18-15-12-9-6-3)63-57(60)51-48-45-42-39-36-33-30-25-23-20-17-14-11-8-5-2/h16-17,19-20,24-26,28-30,36,39,54H,4-15,18,21-23,27,31-35,37-38,40-53H2,1-3H3/b19-16-,20-17-,26-24-,29-28-,30-25-,39-36-/t54-/m1/s1. The number of ether oxygens (including phenoxy) is 3. The van der Waals surface area contributed by atoms with Crippen molar-refractivity contribution >= 4 is 17.9 Å². The van der Waals surface area contributed by atoms with E-state index in [1.807, 2.05) is 0 Å². The van der Waals surface area contributed by atoms with E-state index in [1.54, 1.807) is 0 Å². The summed E-state index contributed by atoms with van der Waals surface area (Å²) in [4.78, 5) is 38.0. The fourth-order valence-corrected chi connectivity index (χ4v) is 7.16. The molecule has 0 fully saturated rings. The maximum Gasteiger partial charge on any atom is 0.306 e. The van der Waals surface area contributed by atoms with Gasteiger partial charge in [0.15, 0.2) is 6.10 Å². The number of carbonyl (C=O) groups is 3. The molecule has 1 atom stereocenters. The number of hydrogen-bond acceptors (Lipinski definition) is 6. The van der Waals surface area contributed by atoms with E-state index in [0.717, 1.165) is 83.5 Å². The smallest absolute Gasteiger partial charge is 0.306 e. The molecular formula is C57H98O6. The maximum atomic E-state index is 12.8. The van der Waals surface area contributed by atoms with E-state index in [9.17, 15) is 14.4 Å². The predicted molar refractivity (Wildman–Crippen MR) is 270 cm³/mol. The molecule has 63 heavy (non-hydrogen) atoms. The predicted octanol–water partition coefficient (Wildman–Crippen LogP) is 17.4. The zero-order valence-corrected chi connectivity index (χ0v) is 41.3. The Labute approximate surface area is 389 Å². The largest absolute Gasteiger partial charge is 0.462 e. The molecule has 6 heteroatoms. The average molecular weight is 879 g/mol. The van der Waals surface area contributed by atoms with Crippen molar-refractivity contribution in [2.75, 3.05) is 13.2 Å². The molecule has 0 aliphatic carbocycles. The molecule has 0 saturated heterocycles. The monoisotopic (exact) mass is 879 g/mol. The zero-order valence-electron chi connectivity index (χ0n) is 41.3. The third-order valence-corrected chi connectivity index (χ3v) is 11.2. The Balaban J connectivity index is 4.43. The molecule has 0 aromatic rings. The molecule has 6 nitrogen and oxygen atoms in total. The van der Waals surface area contributed by atoms with Gasteiger partial charge in [-0.05, 0) is 96.3 Å². The van der Waals surface area contributed by atoms with Crippen LogP contribution in [-0.2, 0) is 28.6 Å². The van der Waals surface area contributed by atoms with E-state index < -0.39 is 6.10 Å². The van der Waals surface area contributed by atoms with E-state index in [4.69, 9.17) is 14.2 Å². The van der Waals surface area contributed by atoms with E-state index in [2.05, 4.69) is 93.7 Å². The summed E-state index contributed by atoms with van der Waals surface area (Å²) in [5, 5.41) is 0. The number of hydrogen-bond donors (Lipinski definition) is 0. The summed E-state index contributed by atoms with van der Waals surface area (Å²) < 4.78 is 16.8. The van der Waals surface area contributed by atoms with Gasteiger partial charge in [0.05, 0.1) is 0 Å². The minimum Gasteiger partial charge on any atom is -0.462 e. The molecule has 0 aromatic carbocycles. The topological polar surface area (TPSA) is 78.9 Å². The molecule has 362 valence electrons. The van der Waals surface area contributed by atoms with Crippen LogP contribution in [0.5, 0.6) is 0 Å². The van der Waals surface area contributed by atoms with Crippen LogP contribution in [0.2, 0.25) is 0 Å². The summed E-state index contributed by atoms with van der Waals surface area (Å²) in [5.41, 5.74) is 0. The lowest BCUT2D eigenvalue weighted by atomic mass is 10.1. The highest BCUT2D eigenvalue weighted by Crippen LogP contribution is 2.14. The van der Waals surface area contributed by atoms with Crippen LogP contribution < -0.4 is 0 Å². The lowest BCUT2D eigenvalue weighted by Crippen LogP contribution is -2.30. The van der Waals surface area contributed by atoms with Crippen LogP contribution in [-0.4, -0.2) is 37.2 Å². The second kappa shape index (κ2) is 51.5. The van der Waals surface area contributed by atoms with Crippen LogP contribution >= 0.6 is 0 Å². The fourth-order valence-electron chi connectivity index (χ4n) is 7.16. The first-order chi connectivity index (χ1) is 31.0. The van der Waals surface area contributed by atoms with Gasteiger partial charge >= 0.3 is 17.9 Å². The number of allylic oxidation sites excluding steroid dienone is 12. The van der Waals surface area contributed by atoms with Gasteiger partial charge in [0.25, 0.3) is 0 Å². The molecule has 0 amide bonds. The van der Waals surface area contributed by atoms with Crippen LogP contribution in [0, 0.1) is 0 Å². The molecule has 0 radical (unpaired) electrons. The van der Waals surface area contributed by atoms with Gasteiger partial charge in [-0.2, -0.15) is 0 Å². The van der Waals surface area contributed by atoms with Crippen molar-refractivity contribution in [1.29, 1.82) is 0 Å². The number of carbonyl (C=O) groups excluding carboxylic acids is 3. The first-order valence-corrected chi connectivity index (χ1v) is 26.4. The average Bonchev–Trinajstić information content (AvgIpc) is 3.28. The van der Waals surface area contributed by atoms with E-state index in [-0.39, 0.29) is 37.5 Å². The van der Waals surface area contributed by atoms with Crippen molar-refractivity contribution in [2.45, 2.75) is 258 Å². The molecule has 0 rings (SSSR count). The van der Waals surface area contributed by atoms with Gasteiger partial charge in [-0.15, -0.1) is 0 Å². The van der Waals surface area contributed by atoms with Crippen LogP contribution in [0.4, 0.5) is 0 Å². The Kier molecular flexibility index (Phi) is 48.9. The van der Waals surface area contributed by atoms with E-state index in [0.29, 0.717) is 19.3 Å². The van der Waals surface area contributed by atoms with Gasteiger partial charge in [0, 0.05) is 19.3 Å². The Morgan fingerprint density at radius 2 is 0.571 bits per heavy atom. The first kappa shape index (κ1) is 59.9. The molecular weight excluding hydrogens is 781 g/mol. The fraction of sp³-hybridized carbons (Fsp3) is 0.737. The van der Waals surface area contributed by atoms with E-state index >= 15 is 0 Å². The van der Waals surface area contributed by atoms with Crippen molar-refractivity contribution < 1.29 is 28.6 Å². The molecule has 0 heterocycles. The highest BCUT2D eigenvalue weighted by atomic mass is 16.6. The Morgan fingerprint density at radius 3 is 0.952 bits per heavy atom. The molecule has 0 N–H and O–H groups in total. The quantitative estimate of drug-likeness (QED) is 0.0262. The Hall–Kier alpha value is -3.15. The molecule has 0 unspecified atom stereocenters. The highest BCUT2D eigenvalue weighted by Gasteiger charge is 2.19. The lowest BCUT2D eigenvalue weighted by Gasteiger charge is -2.18. The van der Waals surface area contributed by atoms with Gasteiger partial charge < -0.3 is 14.2 Å². The van der Waals surface area contributed by atoms with Crippen LogP contribution in [0.25, 0.3) is 0 Å². The minimum absolute atomic E-state index is 0.0937. The highest BCUT2D eigenvalue weighted by molar-refractivity contribution is 5.71. The van der Waals surface area contributed by atoms with Gasteiger partial charge in [-0.3, -0.25) is 14.4 Å². The first-order valence-electron chi connectivity index (χ1n) is 26.4. The zero-order chi connectivity index (χ0) is 45.8. The van der Waals surface area contributed by atoms with E-state index in [1.165, 1.54) is 122 Å². The van der Waals surface area contributed by atoms with Crippen molar-refractivity contribution in [3.63, 3.8) is 0 Å². The second-order valence-corrected chi connectivity index (χ2v) is 17.4. The minimum atomic E-state index is -0.798. The summed E-state index contributed by atoms with van der Waals surface area (Å²) in [6.07, 6.45) is 64.5. The molecule has 0 bridgehead atoms. The maximum absolute atomic E-state index is 12.8. The van der Waals surface area contributed by atoms with Crippen molar-refractivity contribution in [3.8, 4) is 0 Å². The van der Waals surface area contributed by atoms with Crippen molar-refractivity contribution in [3.05, 3.63) is 72.9 Å². The van der Waals surface area contributed by atoms with Crippen molar-refractivity contribution in [2.24, 2.45) is 0 Å². The summed E-state index contributed by atoms with van der Waals surface area (Å²) in [6, 6.07) is 0. The Morgan fingerprint density at radius 1 is 0.317 bits per heavy atom. The van der Waals surface area contributed by atoms with Crippen LogP contribution in [0.3, 0.4) is 0 Å². The van der Waals surface area contributed by atoms with Gasteiger partial charge in [-0.25, -0.2) is 0 Å². The summed E-state index contributed by atoms with van der Waals surface area (Å²) in [5.74, 6) is -0.944. The molecule has 0 saturated carbocycles. The number of unbranched alkanes of at least 4 members (excludes halogenated alkanes) is 24. The van der Waals surface area contributed by atoms with Crippen LogP contribution in [0.15, 0.2) is 72.9 Å². The third kappa shape index (κ3) is 49.7. The molecule has 0 spiro atoms. The van der Waals surface area contributed by atoms with Crippen molar-refractivity contribution in [1.82, 2.24) is 0 Å². The summed E-state index contributed by atoms with van der Waals surface area (Å²) in [7, 11) is 0. The Bertz CT molecular complexity index is 1190. The normalized spacial score (nSPS) is 12.6. The summed E-state index contributed by atoms with van der Waals surface area (Å²) >= 11 is 0. The molecule has 0 aliphatic heterocycles. The molecule has 0 aromatic heterocycles.